The van der Waals surface area contributed by atoms with E-state index >= 15 is 0 Å². The number of halogens is 1. The first kappa shape index (κ1) is 13.8. The Kier molecular flexibility index (Phi) is 6.14. The third-order valence-electron chi connectivity index (χ3n) is 2.97. The lowest BCUT2D eigenvalue weighted by Gasteiger charge is -2.26. The molecule has 0 radical (unpaired) electrons. The number of carbonyl (C=O) groups excluding carboxylic acids is 1. The second-order valence-electron chi connectivity index (χ2n) is 4.54. The molecule has 1 unspecified atom stereocenters. The largest absolute Gasteiger partial charge is 0.378 e. The standard InChI is InChI=1S/C12H22ClNO2/c1-10(2)14(8-7-13)12(15)6-5-11-4-3-9-16-11/h10-11H,3-9H2,1-2H3. The van der Waals surface area contributed by atoms with E-state index in [0.29, 0.717) is 24.9 Å². The second-order valence-corrected chi connectivity index (χ2v) is 4.92. The number of nitrogens with zero attached hydrogens (tertiary/aromatic N) is 1. The Morgan fingerprint density at radius 2 is 2.31 bits per heavy atom. The molecule has 0 spiro atoms. The second kappa shape index (κ2) is 7.13. The average Bonchev–Trinajstić information content (AvgIpc) is 2.75. The Morgan fingerprint density at radius 3 is 2.81 bits per heavy atom. The first-order chi connectivity index (χ1) is 7.65. The highest BCUT2D eigenvalue weighted by atomic mass is 35.5. The van der Waals surface area contributed by atoms with Gasteiger partial charge in [0.05, 0.1) is 6.10 Å². The van der Waals surface area contributed by atoms with Gasteiger partial charge in [-0.2, -0.15) is 0 Å². The van der Waals surface area contributed by atoms with Crippen LogP contribution in [0.25, 0.3) is 0 Å². The van der Waals surface area contributed by atoms with Crippen LogP contribution in [0.1, 0.15) is 39.5 Å². The molecule has 1 heterocycles. The number of amides is 1. The van der Waals surface area contributed by atoms with Gasteiger partial charge >= 0.3 is 0 Å². The van der Waals surface area contributed by atoms with Gasteiger partial charge in [0, 0.05) is 31.5 Å². The summed E-state index contributed by atoms with van der Waals surface area (Å²) in [6.45, 7) is 5.55. The summed E-state index contributed by atoms with van der Waals surface area (Å²) in [4.78, 5) is 13.8. The highest BCUT2D eigenvalue weighted by molar-refractivity contribution is 6.18. The van der Waals surface area contributed by atoms with Crippen LogP contribution in [0.5, 0.6) is 0 Å². The van der Waals surface area contributed by atoms with Gasteiger partial charge < -0.3 is 9.64 Å². The van der Waals surface area contributed by atoms with E-state index in [9.17, 15) is 4.79 Å². The molecule has 94 valence electrons. The van der Waals surface area contributed by atoms with Crippen molar-refractivity contribution in [2.24, 2.45) is 0 Å². The van der Waals surface area contributed by atoms with Crippen molar-refractivity contribution in [2.75, 3.05) is 19.0 Å². The third kappa shape index (κ3) is 4.30. The molecule has 0 saturated carbocycles. The van der Waals surface area contributed by atoms with Crippen LogP contribution < -0.4 is 0 Å². The predicted octanol–water partition coefficient (Wildman–Crippen LogP) is 2.42. The minimum Gasteiger partial charge on any atom is -0.378 e. The van der Waals surface area contributed by atoms with Crippen LogP contribution in [-0.2, 0) is 9.53 Å². The Bertz CT molecular complexity index is 215. The fourth-order valence-corrected chi connectivity index (χ4v) is 2.24. The lowest BCUT2D eigenvalue weighted by molar-refractivity contribution is -0.133. The maximum atomic E-state index is 11.9. The Morgan fingerprint density at radius 1 is 1.56 bits per heavy atom. The lowest BCUT2D eigenvalue weighted by Crippen LogP contribution is -2.38. The van der Waals surface area contributed by atoms with Crippen molar-refractivity contribution in [3.63, 3.8) is 0 Å². The lowest BCUT2D eigenvalue weighted by atomic mass is 10.1. The number of rotatable bonds is 6. The summed E-state index contributed by atoms with van der Waals surface area (Å²) in [5.41, 5.74) is 0. The summed E-state index contributed by atoms with van der Waals surface area (Å²) in [6, 6.07) is 0.232. The van der Waals surface area contributed by atoms with Crippen LogP contribution in [-0.4, -0.2) is 42.0 Å². The third-order valence-corrected chi connectivity index (χ3v) is 3.14. The van der Waals surface area contributed by atoms with Crippen molar-refractivity contribution in [1.29, 1.82) is 0 Å². The molecule has 1 aliphatic rings. The van der Waals surface area contributed by atoms with Gasteiger partial charge in [0.2, 0.25) is 5.91 Å². The molecule has 3 nitrogen and oxygen atoms in total. The molecule has 1 fully saturated rings. The van der Waals surface area contributed by atoms with Crippen LogP contribution in [0, 0.1) is 0 Å². The minimum atomic E-state index is 0.200. The molecule has 1 atom stereocenters. The molecular formula is C12H22ClNO2. The summed E-state index contributed by atoms with van der Waals surface area (Å²) in [7, 11) is 0. The highest BCUT2D eigenvalue weighted by Crippen LogP contribution is 2.17. The number of alkyl halides is 1. The zero-order valence-corrected chi connectivity index (χ0v) is 11.0. The maximum absolute atomic E-state index is 11.9. The topological polar surface area (TPSA) is 29.5 Å². The van der Waals surface area contributed by atoms with Crippen molar-refractivity contribution < 1.29 is 9.53 Å². The van der Waals surface area contributed by atoms with Gasteiger partial charge in [-0.05, 0) is 33.1 Å². The van der Waals surface area contributed by atoms with E-state index in [4.69, 9.17) is 16.3 Å². The van der Waals surface area contributed by atoms with Gasteiger partial charge in [-0.3, -0.25) is 4.79 Å². The zero-order valence-electron chi connectivity index (χ0n) is 10.2. The number of hydrogen-bond donors (Lipinski definition) is 0. The van der Waals surface area contributed by atoms with Gasteiger partial charge in [-0.1, -0.05) is 0 Å². The first-order valence-electron chi connectivity index (χ1n) is 6.12. The monoisotopic (exact) mass is 247 g/mol. The van der Waals surface area contributed by atoms with Gasteiger partial charge in [0.1, 0.15) is 0 Å². The fourth-order valence-electron chi connectivity index (χ4n) is 2.06. The van der Waals surface area contributed by atoms with E-state index in [1.165, 1.54) is 0 Å². The van der Waals surface area contributed by atoms with E-state index in [2.05, 4.69) is 0 Å². The molecule has 1 aliphatic heterocycles. The number of carbonyl (C=O) groups is 1. The molecular weight excluding hydrogens is 226 g/mol. The van der Waals surface area contributed by atoms with Crippen molar-refractivity contribution in [3.8, 4) is 0 Å². The van der Waals surface area contributed by atoms with E-state index in [1.807, 2.05) is 18.7 Å². The molecule has 0 aromatic heterocycles. The summed E-state index contributed by atoms with van der Waals surface area (Å²) >= 11 is 5.69. The molecule has 1 rings (SSSR count). The van der Waals surface area contributed by atoms with Gasteiger partial charge in [0.15, 0.2) is 0 Å². The van der Waals surface area contributed by atoms with Crippen molar-refractivity contribution in [2.45, 2.75) is 51.7 Å². The zero-order chi connectivity index (χ0) is 12.0. The quantitative estimate of drug-likeness (QED) is 0.675. The number of ether oxygens (including phenoxy) is 1. The van der Waals surface area contributed by atoms with Gasteiger partial charge in [-0.15, -0.1) is 11.6 Å². The average molecular weight is 248 g/mol. The molecule has 1 saturated heterocycles. The molecule has 0 aromatic carbocycles. The smallest absolute Gasteiger partial charge is 0.222 e. The molecule has 0 aromatic rings. The van der Waals surface area contributed by atoms with Crippen molar-refractivity contribution in [1.82, 2.24) is 4.90 Å². The van der Waals surface area contributed by atoms with Crippen LogP contribution in [0.4, 0.5) is 0 Å². The molecule has 0 N–H and O–H groups in total. The van der Waals surface area contributed by atoms with E-state index in [-0.39, 0.29) is 11.9 Å². The Balaban J connectivity index is 2.30. The molecule has 1 amide bonds. The first-order valence-corrected chi connectivity index (χ1v) is 6.65. The van der Waals surface area contributed by atoms with Crippen LogP contribution in [0.2, 0.25) is 0 Å². The van der Waals surface area contributed by atoms with E-state index in [0.717, 1.165) is 25.9 Å². The van der Waals surface area contributed by atoms with Crippen LogP contribution in [0.3, 0.4) is 0 Å². The van der Waals surface area contributed by atoms with Crippen LogP contribution >= 0.6 is 11.6 Å². The summed E-state index contributed by atoms with van der Waals surface area (Å²) in [6.07, 6.45) is 3.97. The van der Waals surface area contributed by atoms with Crippen molar-refractivity contribution >= 4 is 17.5 Å². The van der Waals surface area contributed by atoms with Crippen LogP contribution in [0.15, 0.2) is 0 Å². The van der Waals surface area contributed by atoms with Crippen molar-refractivity contribution in [3.05, 3.63) is 0 Å². The SMILES string of the molecule is CC(C)N(CCCl)C(=O)CCC1CCCO1. The number of hydrogen-bond acceptors (Lipinski definition) is 2. The van der Waals surface area contributed by atoms with Gasteiger partial charge in [-0.25, -0.2) is 0 Å². The maximum Gasteiger partial charge on any atom is 0.222 e. The highest BCUT2D eigenvalue weighted by Gasteiger charge is 2.20. The minimum absolute atomic E-state index is 0.200. The van der Waals surface area contributed by atoms with E-state index in [1.54, 1.807) is 0 Å². The molecule has 0 aliphatic carbocycles. The normalized spacial score (nSPS) is 20.4. The van der Waals surface area contributed by atoms with E-state index < -0.39 is 0 Å². The molecule has 4 heteroatoms. The molecule has 0 bridgehead atoms. The Labute approximate surface area is 103 Å². The molecule has 16 heavy (non-hydrogen) atoms. The summed E-state index contributed by atoms with van der Waals surface area (Å²) in [5.74, 6) is 0.704. The predicted molar refractivity (Wildman–Crippen MR) is 65.8 cm³/mol. The Hall–Kier alpha value is -0.280. The summed E-state index contributed by atoms with van der Waals surface area (Å²) < 4.78 is 5.51. The fraction of sp³-hybridized carbons (Fsp3) is 0.917. The summed E-state index contributed by atoms with van der Waals surface area (Å²) in [5, 5.41) is 0. The van der Waals surface area contributed by atoms with Gasteiger partial charge in [0.25, 0.3) is 0 Å².